The zero-order chi connectivity index (χ0) is 13.8. The monoisotopic (exact) mass is 313 g/mol. The minimum Gasteiger partial charge on any atom is -0.478 e. The van der Waals surface area contributed by atoms with Crippen LogP contribution in [-0.4, -0.2) is 16.1 Å². The van der Waals surface area contributed by atoms with Crippen molar-refractivity contribution in [2.75, 3.05) is 0 Å². The van der Waals surface area contributed by atoms with Crippen LogP contribution in [0.1, 0.15) is 15.9 Å². The fraction of sp³-hybridized carbons (Fsp3) is 0.0769. The molecule has 3 nitrogen and oxygen atoms in total. The molecule has 2 aromatic rings. The molecule has 0 amide bonds. The highest BCUT2D eigenvalue weighted by molar-refractivity contribution is 7.98. The third-order valence-corrected chi connectivity index (χ3v) is 3.94. The molecule has 0 unspecified atom stereocenters. The molecule has 19 heavy (non-hydrogen) atoms. The lowest BCUT2D eigenvalue weighted by Gasteiger charge is -2.05. The van der Waals surface area contributed by atoms with Gasteiger partial charge in [-0.3, -0.25) is 0 Å². The van der Waals surface area contributed by atoms with Gasteiger partial charge >= 0.3 is 5.97 Å². The number of halogens is 2. The quantitative estimate of drug-likeness (QED) is 0.851. The van der Waals surface area contributed by atoms with Crippen LogP contribution in [0.2, 0.25) is 10.0 Å². The topological polar surface area (TPSA) is 50.2 Å². The van der Waals surface area contributed by atoms with Crippen molar-refractivity contribution in [2.45, 2.75) is 10.8 Å². The smallest absolute Gasteiger partial charge is 0.335 e. The molecule has 6 heteroatoms. The summed E-state index contributed by atoms with van der Waals surface area (Å²) in [5.41, 5.74) is 1.11. The number of hydrogen-bond acceptors (Lipinski definition) is 3. The molecule has 0 aliphatic heterocycles. The first kappa shape index (κ1) is 14.2. The normalized spacial score (nSPS) is 10.4. The average Bonchev–Trinajstić information content (AvgIpc) is 2.40. The van der Waals surface area contributed by atoms with Gasteiger partial charge in [0.25, 0.3) is 0 Å². The van der Waals surface area contributed by atoms with Crippen LogP contribution in [0.5, 0.6) is 0 Å². The number of benzene rings is 1. The van der Waals surface area contributed by atoms with Gasteiger partial charge in [0.2, 0.25) is 0 Å². The van der Waals surface area contributed by atoms with Crippen molar-refractivity contribution >= 4 is 40.9 Å². The van der Waals surface area contributed by atoms with Crippen LogP contribution in [0.15, 0.2) is 41.6 Å². The van der Waals surface area contributed by atoms with Crippen molar-refractivity contribution < 1.29 is 9.90 Å². The Morgan fingerprint density at radius 3 is 2.79 bits per heavy atom. The van der Waals surface area contributed by atoms with Gasteiger partial charge in [0.05, 0.1) is 10.6 Å². The fourth-order valence-corrected chi connectivity index (χ4v) is 2.77. The number of nitrogens with zero attached hydrogens (tertiary/aromatic N) is 1. The zero-order valence-electron chi connectivity index (χ0n) is 9.64. The first-order valence-electron chi connectivity index (χ1n) is 5.32. The number of rotatable bonds is 4. The fourth-order valence-electron chi connectivity index (χ4n) is 1.43. The molecule has 0 aliphatic carbocycles. The van der Waals surface area contributed by atoms with Crippen LogP contribution < -0.4 is 0 Å². The number of aromatic nitrogens is 1. The van der Waals surface area contributed by atoms with Gasteiger partial charge in [-0.25, -0.2) is 9.78 Å². The Labute approximate surface area is 124 Å². The van der Waals surface area contributed by atoms with Crippen molar-refractivity contribution in [1.29, 1.82) is 0 Å². The van der Waals surface area contributed by atoms with Crippen molar-refractivity contribution in [3.05, 3.63) is 57.7 Å². The lowest BCUT2D eigenvalue weighted by Crippen LogP contribution is -1.96. The highest BCUT2D eigenvalue weighted by Crippen LogP contribution is 2.28. The number of carboxylic acids is 1. The van der Waals surface area contributed by atoms with Crippen LogP contribution in [0.25, 0.3) is 0 Å². The second-order valence-electron chi connectivity index (χ2n) is 3.71. The van der Waals surface area contributed by atoms with Crippen molar-refractivity contribution in [1.82, 2.24) is 4.98 Å². The van der Waals surface area contributed by atoms with Gasteiger partial charge in [0.15, 0.2) is 0 Å². The summed E-state index contributed by atoms with van der Waals surface area (Å²) in [6.07, 6.45) is 1.48. The minimum absolute atomic E-state index is 0.217. The van der Waals surface area contributed by atoms with Crippen LogP contribution in [0.3, 0.4) is 0 Å². The second-order valence-corrected chi connectivity index (χ2v) is 5.55. The van der Waals surface area contributed by atoms with Crippen LogP contribution in [0.4, 0.5) is 0 Å². The van der Waals surface area contributed by atoms with Crippen molar-refractivity contribution in [3.63, 3.8) is 0 Å². The van der Waals surface area contributed by atoms with E-state index in [0.717, 1.165) is 5.56 Å². The largest absolute Gasteiger partial charge is 0.478 e. The van der Waals surface area contributed by atoms with Crippen molar-refractivity contribution in [2.24, 2.45) is 0 Å². The SMILES string of the molecule is O=C(O)c1ccnc(SCc2cc(Cl)ccc2Cl)c1. The molecule has 98 valence electrons. The van der Waals surface area contributed by atoms with Gasteiger partial charge in [-0.05, 0) is 35.9 Å². The van der Waals surface area contributed by atoms with Crippen LogP contribution in [-0.2, 0) is 5.75 Å². The van der Waals surface area contributed by atoms with Gasteiger partial charge in [-0.15, -0.1) is 11.8 Å². The van der Waals surface area contributed by atoms with Crippen LogP contribution in [0, 0.1) is 0 Å². The molecular weight excluding hydrogens is 305 g/mol. The first-order chi connectivity index (χ1) is 9.06. The van der Waals surface area contributed by atoms with E-state index in [9.17, 15) is 4.79 Å². The van der Waals surface area contributed by atoms with Gasteiger partial charge in [0, 0.05) is 22.0 Å². The molecule has 1 heterocycles. The molecule has 1 aromatic carbocycles. The van der Waals surface area contributed by atoms with Gasteiger partial charge in [-0.1, -0.05) is 23.2 Å². The summed E-state index contributed by atoms with van der Waals surface area (Å²) in [7, 11) is 0. The predicted octanol–water partition coefficient (Wildman–Crippen LogP) is 4.38. The molecule has 0 bridgehead atoms. The maximum absolute atomic E-state index is 10.9. The van der Waals surface area contributed by atoms with E-state index in [4.69, 9.17) is 28.3 Å². The highest BCUT2D eigenvalue weighted by atomic mass is 35.5. The summed E-state index contributed by atoms with van der Waals surface area (Å²) in [5, 5.41) is 10.8. The van der Waals surface area contributed by atoms with E-state index in [1.54, 1.807) is 18.2 Å². The second kappa shape index (κ2) is 6.28. The number of hydrogen-bond donors (Lipinski definition) is 1. The third-order valence-electron chi connectivity index (χ3n) is 2.37. The molecule has 0 atom stereocenters. The lowest BCUT2D eigenvalue weighted by molar-refractivity contribution is 0.0696. The molecule has 0 saturated heterocycles. The van der Waals surface area contributed by atoms with Gasteiger partial charge < -0.3 is 5.11 Å². The number of carboxylic acid groups (broad SMARTS) is 1. The molecule has 1 aromatic heterocycles. The zero-order valence-corrected chi connectivity index (χ0v) is 12.0. The lowest BCUT2D eigenvalue weighted by atomic mass is 10.2. The Kier molecular flexibility index (Phi) is 4.69. The van der Waals surface area contributed by atoms with Gasteiger partial charge in [-0.2, -0.15) is 0 Å². The number of thioether (sulfide) groups is 1. The molecule has 0 spiro atoms. The molecule has 1 N–H and O–H groups in total. The minimum atomic E-state index is -0.968. The highest BCUT2D eigenvalue weighted by Gasteiger charge is 2.07. The standard InChI is InChI=1S/C13H9Cl2NO2S/c14-10-1-2-11(15)9(5-10)7-19-12-6-8(13(17)18)3-4-16-12/h1-6H,7H2,(H,17,18). The Bertz CT molecular complexity index is 619. The summed E-state index contributed by atoms with van der Waals surface area (Å²) in [6.45, 7) is 0. The average molecular weight is 314 g/mol. The van der Waals surface area contributed by atoms with E-state index >= 15 is 0 Å². The van der Waals surface area contributed by atoms with E-state index in [1.807, 2.05) is 0 Å². The van der Waals surface area contributed by atoms with E-state index in [2.05, 4.69) is 4.98 Å². The Morgan fingerprint density at radius 2 is 2.05 bits per heavy atom. The van der Waals surface area contributed by atoms with E-state index < -0.39 is 5.97 Å². The molecule has 0 aliphatic rings. The van der Waals surface area contributed by atoms with Crippen LogP contribution >= 0.6 is 35.0 Å². The van der Waals surface area contributed by atoms with E-state index in [-0.39, 0.29) is 5.56 Å². The maximum atomic E-state index is 10.9. The summed E-state index contributed by atoms with van der Waals surface area (Å²) in [5.74, 6) is -0.389. The predicted molar refractivity (Wildman–Crippen MR) is 77.2 cm³/mol. The maximum Gasteiger partial charge on any atom is 0.335 e. The third kappa shape index (κ3) is 3.86. The molecule has 0 saturated carbocycles. The number of aromatic carboxylic acids is 1. The van der Waals surface area contributed by atoms with Crippen molar-refractivity contribution in [3.8, 4) is 0 Å². The number of carbonyl (C=O) groups is 1. The molecule has 0 radical (unpaired) electrons. The summed E-state index contributed by atoms with van der Waals surface area (Å²) in [6, 6.07) is 8.24. The summed E-state index contributed by atoms with van der Waals surface area (Å²) < 4.78 is 0. The van der Waals surface area contributed by atoms with Gasteiger partial charge in [0.1, 0.15) is 0 Å². The number of pyridine rings is 1. The van der Waals surface area contributed by atoms with E-state index in [0.29, 0.717) is 20.8 Å². The summed E-state index contributed by atoms with van der Waals surface area (Å²) in [4.78, 5) is 15.0. The Balaban J connectivity index is 2.12. The first-order valence-corrected chi connectivity index (χ1v) is 7.06. The molecule has 2 rings (SSSR count). The van der Waals surface area contributed by atoms with E-state index in [1.165, 1.54) is 30.1 Å². The Morgan fingerprint density at radius 1 is 1.26 bits per heavy atom. The summed E-state index contributed by atoms with van der Waals surface area (Å²) >= 11 is 13.4. The Hall–Kier alpha value is -1.23. The molecular formula is C13H9Cl2NO2S. The molecule has 0 fully saturated rings.